The third-order valence-corrected chi connectivity index (χ3v) is 8.44. The Bertz CT molecular complexity index is 835. The van der Waals surface area contributed by atoms with E-state index in [1.165, 1.54) is 24.1 Å². The second-order valence-corrected chi connectivity index (χ2v) is 9.94. The van der Waals surface area contributed by atoms with Crippen LogP contribution in [0.15, 0.2) is 46.7 Å². The quantitative estimate of drug-likeness (QED) is 0.827. The number of ether oxygens (including phenoxy) is 1. The number of anilines is 1. The Morgan fingerprint density at radius 1 is 1.23 bits per heavy atom. The maximum absolute atomic E-state index is 12.9. The molecule has 0 spiro atoms. The molecule has 1 unspecified atom stereocenters. The summed E-state index contributed by atoms with van der Waals surface area (Å²) in [4.78, 5) is 12.7. The Morgan fingerprint density at radius 2 is 2.00 bits per heavy atom. The number of nitrogens with zero attached hydrogens (tertiary/aromatic N) is 1. The topological polar surface area (TPSA) is 75.7 Å². The number of benzene rings is 1. The van der Waals surface area contributed by atoms with E-state index < -0.39 is 16.1 Å². The van der Waals surface area contributed by atoms with E-state index >= 15 is 0 Å². The molecule has 1 aromatic heterocycles. The van der Waals surface area contributed by atoms with Gasteiger partial charge >= 0.3 is 6.09 Å². The number of amides is 1. The lowest BCUT2D eigenvalue weighted by molar-refractivity contribution is 0.187. The van der Waals surface area contributed by atoms with Crippen molar-refractivity contribution in [2.45, 2.75) is 16.6 Å². The highest BCUT2D eigenvalue weighted by Gasteiger charge is 2.28. The van der Waals surface area contributed by atoms with Gasteiger partial charge in [0.25, 0.3) is 0 Å². The van der Waals surface area contributed by atoms with E-state index in [0.29, 0.717) is 24.0 Å². The fraction of sp³-hybridized carbons (Fsp3) is 0.353. The van der Waals surface area contributed by atoms with Crippen molar-refractivity contribution in [3.8, 4) is 0 Å². The molecule has 3 rings (SSSR count). The van der Waals surface area contributed by atoms with Gasteiger partial charge in [-0.05, 0) is 42.1 Å². The minimum Gasteiger partial charge on any atom is -0.453 e. The number of nitrogens with one attached hydrogen (secondary N) is 1. The van der Waals surface area contributed by atoms with Crippen molar-refractivity contribution >= 4 is 44.9 Å². The fourth-order valence-corrected chi connectivity index (χ4v) is 6.53. The zero-order valence-corrected chi connectivity index (χ0v) is 16.7. The molecule has 26 heavy (non-hydrogen) atoms. The van der Waals surface area contributed by atoms with E-state index in [2.05, 4.69) is 21.5 Å². The summed E-state index contributed by atoms with van der Waals surface area (Å²) in [6.45, 7) is 0.997. The molecule has 1 amide bonds. The summed E-state index contributed by atoms with van der Waals surface area (Å²) >= 11 is 3.53. The number of rotatable bonds is 4. The summed E-state index contributed by atoms with van der Waals surface area (Å²) in [5.41, 5.74) is 0.486. The highest BCUT2D eigenvalue weighted by Crippen LogP contribution is 2.37. The molecule has 0 radical (unpaired) electrons. The van der Waals surface area contributed by atoms with Gasteiger partial charge in [0.15, 0.2) is 0 Å². The van der Waals surface area contributed by atoms with Crippen molar-refractivity contribution in [1.82, 2.24) is 4.31 Å². The van der Waals surface area contributed by atoms with Crippen LogP contribution in [-0.2, 0) is 14.8 Å². The number of sulfonamides is 1. The van der Waals surface area contributed by atoms with Gasteiger partial charge < -0.3 is 4.74 Å². The average Bonchev–Trinajstić information content (AvgIpc) is 3.06. The normalized spacial score (nSPS) is 18.9. The van der Waals surface area contributed by atoms with Crippen molar-refractivity contribution in [3.63, 3.8) is 0 Å². The number of hydrogen-bond donors (Lipinski definition) is 1. The first kappa shape index (κ1) is 19.2. The number of thioether (sulfide) groups is 1. The smallest absolute Gasteiger partial charge is 0.411 e. The largest absolute Gasteiger partial charge is 0.453 e. The van der Waals surface area contributed by atoms with Gasteiger partial charge in [0.05, 0.1) is 12.0 Å². The number of carbonyl (C=O) groups is 1. The maximum atomic E-state index is 12.9. The van der Waals surface area contributed by atoms with Crippen LogP contribution >= 0.6 is 23.1 Å². The Morgan fingerprint density at radius 3 is 2.65 bits per heavy atom. The molecule has 2 aromatic rings. The summed E-state index contributed by atoms with van der Waals surface area (Å²) < 4.78 is 31.9. The van der Waals surface area contributed by atoms with Crippen molar-refractivity contribution < 1.29 is 17.9 Å². The van der Waals surface area contributed by atoms with Crippen molar-refractivity contribution in [2.75, 3.05) is 31.3 Å². The lowest BCUT2D eigenvalue weighted by atomic mass is 10.2. The van der Waals surface area contributed by atoms with Crippen molar-refractivity contribution in [2.24, 2.45) is 0 Å². The number of hydrogen-bond acceptors (Lipinski definition) is 6. The fourth-order valence-electron chi connectivity index (χ4n) is 2.72. The zero-order valence-electron chi connectivity index (χ0n) is 14.3. The van der Waals surface area contributed by atoms with E-state index in [-0.39, 0.29) is 4.90 Å². The van der Waals surface area contributed by atoms with Crippen LogP contribution in [0.1, 0.15) is 16.5 Å². The Balaban J connectivity index is 1.70. The molecule has 1 N–H and O–H groups in total. The molecule has 1 saturated heterocycles. The molecule has 1 aromatic carbocycles. The van der Waals surface area contributed by atoms with Gasteiger partial charge in [-0.25, -0.2) is 13.2 Å². The second kappa shape index (κ2) is 8.43. The first-order valence-electron chi connectivity index (χ1n) is 8.11. The van der Waals surface area contributed by atoms with Gasteiger partial charge in [-0.3, -0.25) is 5.32 Å². The lowest BCUT2D eigenvalue weighted by Crippen LogP contribution is -2.33. The van der Waals surface area contributed by atoms with Gasteiger partial charge in [0, 0.05) is 34.7 Å². The van der Waals surface area contributed by atoms with E-state index in [4.69, 9.17) is 0 Å². The molecule has 9 heteroatoms. The monoisotopic (exact) mass is 412 g/mol. The van der Waals surface area contributed by atoms with Crippen LogP contribution in [0.5, 0.6) is 0 Å². The summed E-state index contributed by atoms with van der Waals surface area (Å²) in [6, 6.07) is 10.3. The van der Waals surface area contributed by atoms with Gasteiger partial charge in [0.1, 0.15) is 0 Å². The van der Waals surface area contributed by atoms with E-state index in [0.717, 1.165) is 12.2 Å². The molecule has 0 aliphatic carbocycles. The first-order chi connectivity index (χ1) is 12.5. The number of thiophene rings is 1. The second-order valence-electron chi connectivity index (χ2n) is 5.71. The molecule has 6 nitrogen and oxygen atoms in total. The molecular weight excluding hydrogens is 392 g/mol. The van der Waals surface area contributed by atoms with Gasteiger partial charge in [-0.15, -0.1) is 11.3 Å². The van der Waals surface area contributed by atoms with Crippen LogP contribution in [0.2, 0.25) is 0 Å². The van der Waals surface area contributed by atoms with Crippen LogP contribution < -0.4 is 5.32 Å². The number of carbonyl (C=O) groups excluding carboxylic acids is 1. The van der Waals surface area contributed by atoms with E-state index in [1.54, 1.807) is 27.8 Å². The van der Waals surface area contributed by atoms with Crippen molar-refractivity contribution in [3.05, 3.63) is 46.7 Å². The Labute approximate surface area is 161 Å². The van der Waals surface area contributed by atoms with Gasteiger partial charge in [0.2, 0.25) is 10.0 Å². The average molecular weight is 413 g/mol. The zero-order chi connectivity index (χ0) is 18.6. The summed E-state index contributed by atoms with van der Waals surface area (Å²) in [6.07, 6.45) is 0.205. The van der Waals surface area contributed by atoms with Crippen LogP contribution in [0.25, 0.3) is 0 Å². The SMILES string of the molecule is COC(=O)Nc1ccc(S(=O)(=O)N2CCSC(c3cccs3)CC2)cc1. The molecule has 1 atom stereocenters. The molecular formula is C17H20N2O4S3. The van der Waals surface area contributed by atoms with E-state index in [9.17, 15) is 13.2 Å². The molecule has 0 bridgehead atoms. The molecule has 1 aliphatic rings. The van der Waals surface area contributed by atoms with Crippen molar-refractivity contribution in [1.29, 1.82) is 0 Å². The standard InChI is InChI=1S/C17H20N2O4S3/c1-23-17(20)18-13-4-6-14(7-5-13)26(21,22)19-9-8-16(25-12-10-19)15-3-2-11-24-15/h2-7,11,16H,8-10,12H2,1H3,(H,18,20). The molecule has 1 aliphatic heterocycles. The minimum atomic E-state index is -3.55. The molecule has 0 saturated carbocycles. The highest BCUT2D eigenvalue weighted by molar-refractivity contribution is 7.99. The van der Waals surface area contributed by atoms with Crippen LogP contribution in [0.3, 0.4) is 0 Å². The Hall–Kier alpha value is -1.55. The van der Waals surface area contributed by atoms with E-state index in [1.807, 2.05) is 17.8 Å². The third-order valence-electron chi connectivity index (χ3n) is 4.08. The highest BCUT2D eigenvalue weighted by atomic mass is 32.2. The molecule has 140 valence electrons. The van der Waals surface area contributed by atoms with Gasteiger partial charge in [-0.2, -0.15) is 16.1 Å². The predicted octanol–water partition coefficient (Wildman–Crippen LogP) is 3.80. The van der Waals surface area contributed by atoms with Crippen LogP contribution in [0, 0.1) is 0 Å². The van der Waals surface area contributed by atoms with Crippen LogP contribution in [-0.4, -0.2) is 44.8 Å². The minimum absolute atomic E-state index is 0.229. The first-order valence-corrected chi connectivity index (χ1v) is 11.5. The summed E-state index contributed by atoms with van der Waals surface area (Å²) in [7, 11) is -2.28. The lowest BCUT2D eigenvalue weighted by Gasteiger charge is -2.20. The predicted molar refractivity (Wildman–Crippen MR) is 105 cm³/mol. The van der Waals surface area contributed by atoms with Gasteiger partial charge in [-0.1, -0.05) is 6.07 Å². The number of methoxy groups -OCH3 is 1. The maximum Gasteiger partial charge on any atom is 0.411 e. The summed E-state index contributed by atoms with van der Waals surface area (Å²) in [5.74, 6) is 0.768. The summed E-state index contributed by atoms with van der Waals surface area (Å²) in [5, 5.41) is 4.91. The van der Waals surface area contributed by atoms with Crippen LogP contribution in [0.4, 0.5) is 10.5 Å². The Kier molecular flexibility index (Phi) is 6.23. The molecule has 2 heterocycles. The molecule has 1 fully saturated rings. The third kappa shape index (κ3) is 4.40.